The molecule has 116 valence electrons. The highest BCUT2D eigenvalue weighted by Crippen LogP contribution is 2.37. The van der Waals surface area contributed by atoms with E-state index in [9.17, 15) is 0 Å². The molecule has 0 N–H and O–H groups in total. The van der Waals surface area contributed by atoms with Gasteiger partial charge in [0.1, 0.15) is 0 Å². The number of anilines is 1. The number of hydrogen-bond acceptors (Lipinski definition) is 7. The molecule has 4 rings (SSSR count). The summed E-state index contributed by atoms with van der Waals surface area (Å²) in [6.45, 7) is 7.06. The van der Waals surface area contributed by atoms with Crippen LogP contribution in [0, 0.1) is 6.92 Å². The maximum absolute atomic E-state index is 5.36. The lowest BCUT2D eigenvalue weighted by atomic mass is 10.2. The van der Waals surface area contributed by atoms with Crippen LogP contribution in [0.2, 0.25) is 0 Å². The van der Waals surface area contributed by atoms with Crippen molar-refractivity contribution in [2.75, 3.05) is 11.4 Å². The van der Waals surface area contributed by atoms with Crippen LogP contribution in [0.3, 0.4) is 0 Å². The monoisotopic (exact) mass is 318 g/mol. The van der Waals surface area contributed by atoms with Gasteiger partial charge in [-0.05, 0) is 19.8 Å². The molecule has 1 atom stereocenters. The van der Waals surface area contributed by atoms with E-state index in [1.54, 1.807) is 11.3 Å². The van der Waals surface area contributed by atoms with Crippen molar-refractivity contribution in [1.29, 1.82) is 0 Å². The second-order valence-electron chi connectivity index (χ2n) is 5.99. The zero-order valence-corrected chi connectivity index (χ0v) is 13.7. The summed E-state index contributed by atoms with van der Waals surface area (Å²) < 4.78 is 7.21. The standard InChI is InChI=1S/C14H18N6OS/c1-8(2)12-16-11(18-21-12)10-5-4-6-19(10)14-17-20-7-9(3)15-13(20)22-14/h7-8,10H,4-6H2,1-3H3. The van der Waals surface area contributed by atoms with E-state index in [-0.39, 0.29) is 12.0 Å². The molecule has 1 fully saturated rings. The molecule has 0 radical (unpaired) electrons. The van der Waals surface area contributed by atoms with Gasteiger partial charge in [0.05, 0.1) is 17.9 Å². The molecule has 1 saturated heterocycles. The largest absolute Gasteiger partial charge is 0.339 e. The van der Waals surface area contributed by atoms with Gasteiger partial charge in [-0.1, -0.05) is 30.3 Å². The Kier molecular flexibility index (Phi) is 3.14. The average molecular weight is 318 g/mol. The van der Waals surface area contributed by atoms with Crippen molar-refractivity contribution >= 4 is 21.4 Å². The zero-order chi connectivity index (χ0) is 15.3. The molecule has 0 aliphatic carbocycles. The van der Waals surface area contributed by atoms with Crippen LogP contribution in [0.25, 0.3) is 4.96 Å². The average Bonchev–Trinajstić information content (AvgIpc) is 3.19. The Morgan fingerprint density at radius 2 is 2.23 bits per heavy atom. The highest BCUT2D eigenvalue weighted by atomic mass is 32.1. The number of fused-ring (bicyclic) bond motifs is 1. The first-order valence-electron chi connectivity index (χ1n) is 7.55. The lowest BCUT2D eigenvalue weighted by molar-refractivity contribution is 0.358. The van der Waals surface area contributed by atoms with Gasteiger partial charge in [0.25, 0.3) is 0 Å². The number of aryl methyl sites for hydroxylation is 1. The fraction of sp³-hybridized carbons (Fsp3) is 0.571. The fourth-order valence-corrected chi connectivity index (χ4v) is 3.80. The Morgan fingerprint density at radius 1 is 1.36 bits per heavy atom. The maximum Gasteiger partial charge on any atom is 0.229 e. The van der Waals surface area contributed by atoms with Crippen molar-refractivity contribution in [1.82, 2.24) is 24.7 Å². The van der Waals surface area contributed by atoms with Crippen LogP contribution in [-0.2, 0) is 0 Å². The van der Waals surface area contributed by atoms with E-state index < -0.39 is 0 Å². The minimum absolute atomic E-state index is 0.146. The van der Waals surface area contributed by atoms with Crippen molar-refractivity contribution in [3.05, 3.63) is 23.6 Å². The summed E-state index contributed by atoms with van der Waals surface area (Å²) in [6.07, 6.45) is 4.08. The molecule has 0 spiro atoms. The molecule has 22 heavy (non-hydrogen) atoms. The lowest BCUT2D eigenvalue weighted by Gasteiger charge is -2.20. The second-order valence-corrected chi connectivity index (χ2v) is 6.93. The Bertz CT molecular complexity index is 772. The van der Waals surface area contributed by atoms with E-state index in [1.807, 2.05) is 17.6 Å². The van der Waals surface area contributed by atoms with Crippen molar-refractivity contribution < 1.29 is 4.52 Å². The van der Waals surface area contributed by atoms with Gasteiger partial charge in [0.2, 0.25) is 16.0 Å². The predicted molar refractivity (Wildman–Crippen MR) is 83.3 cm³/mol. The molecule has 3 aromatic rings. The van der Waals surface area contributed by atoms with Gasteiger partial charge in [0, 0.05) is 12.5 Å². The SMILES string of the molecule is Cc1cn2nc(N3CCCC3c3noc(C(C)C)n3)sc2n1. The third kappa shape index (κ3) is 2.18. The first kappa shape index (κ1) is 13.7. The van der Waals surface area contributed by atoms with Crippen molar-refractivity contribution in [3.63, 3.8) is 0 Å². The first-order chi connectivity index (χ1) is 10.6. The van der Waals surface area contributed by atoms with Crippen molar-refractivity contribution in [3.8, 4) is 0 Å². The molecule has 0 saturated carbocycles. The number of nitrogens with zero attached hydrogens (tertiary/aromatic N) is 6. The Labute approximate surface area is 132 Å². The summed E-state index contributed by atoms with van der Waals surface area (Å²) in [5, 5.41) is 9.80. The molecule has 1 unspecified atom stereocenters. The molecule has 3 aromatic heterocycles. The van der Waals surface area contributed by atoms with Crippen LogP contribution >= 0.6 is 11.3 Å². The van der Waals surface area contributed by atoms with E-state index >= 15 is 0 Å². The molecule has 0 amide bonds. The van der Waals surface area contributed by atoms with Gasteiger partial charge in [0.15, 0.2) is 5.82 Å². The van der Waals surface area contributed by atoms with E-state index in [2.05, 4.69) is 39.0 Å². The quantitative estimate of drug-likeness (QED) is 0.739. The van der Waals surface area contributed by atoms with Crippen LogP contribution in [0.15, 0.2) is 10.7 Å². The summed E-state index contributed by atoms with van der Waals surface area (Å²) in [4.78, 5) is 12.2. The first-order valence-corrected chi connectivity index (χ1v) is 8.36. The third-order valence-corrected chi connectivity index (χ3v) is 4.86. The van der Waals surface area contributed by atoms with Crippen LogP contribution in [-0.4, -0.2) is 31.3 Å². The number of imidazole rings is 1. The van der Waals surface area contributed by atoms with E-state index in [0.717, 1.165) is 41.0 Å². The molecule has 1 aliphatic heterocycles. The summed E-state index contributed by atoms with van der Waals surface area (Å²) in [6, 6.07) is 0.146. The van der Waals surface area contributed by atoms with Crippen molar-refractivity contribution in [2.24, 2.45) is 0 Å². The normalized spacial score (nSPS) is 18.9. The second kappa shape index (κ2) is 5.05. The van der Waals surface area contributed by atoms with Gasteiger partial charge >= 0.3 is 0 Å². The maximum atomic E-state index is 5.36. The smallest absolute Gasteiger partial charge is 0.229 e. The van der Waals surface area contributed by atoms with Gasteiger partial charge < -0.3 is 9.42 Å². The Hall–Kier alpha value is -1.96. The molecule has 7 nitrogen and oxygen atoms in total. The third-order valence-electron chi connectivity index (χ3n) is 3.90. The van der Waals surface area contributed by atoms with Gasteiger partial charge in [-0.25, -0.2) is 9.50 Å². The fourth-order valence-electron chi connectivity index (χ4n) is 2.80. The van der Waals surface area contributed by atoms with Gasteiger partial charge in [-0.15, -0.1) is 5.10 Å². The minimum atomic E-state index is 0.146. The van der Waals surface area contributed by atoms with Crippen molar-refractivity contribution in [2.45, 2.75) is 45.6 Å². The van der Waals surface area contributed by atoms with Crippen LogP contribution in [0.4, 0.5) is 5.13 Å². The lowest BCUT2D eigenvalue weighted by Crippen LogP contribution is -2.23. The van der Waals surface area contributed by atoms with E-state index in [4.69, 9.17) is 4.52 Å². The number of hydrogen-bond donors (Lipinski definition) is 0. The highest BCUT2D eigenvalue weighted by molar-refractivity contribution is 7.20. The van der Waals surface area contributed by atoms with Crippen LogP contribution in [0.1, 0.15) is 56.1 Å². The number of rotatable bonds is 3. The van der Waals surface area contributed by atoms with Gasteiger partial charge in [-0.2, -0.15) is 4.98 Å². The minimum Gasteiger partial charge on any atom is -0.339 e. The highest BCUT2D eigenvalue weighted by Gasteiger charge is 2.32. The van der Waals surface area contributed by atoms with Crippen LogP contribution < -0.4 is 4.90 Å². The van der Waals surface area contributed by atoms with E-state index in [1.165, 1.54) is 0 Å². The summed E-state index contributed by atoms with van der Waals surface area (Å²) in [5.41, 5.74) is 0.989. The molecular formula is C14H18N6OS. The number of aromatic nitrogens is 5. The Balaban J connectivity index is 1.65. The zero-order valence-electron chi connectivity index (χ0n) is 12.9. The predicted octanol–water partition coefficient (Wildman–Crippen LogP) is 2.95. The van der Waals surface area contributed by atoms with E-state index in [0.29, 0.717) is 5.89 Å². The summed E-state index contributed by atoms with van der Waals surface area (Å²) in [7, 11) is 0. The van der Waals surface area contributed by atoms with Gasteiger partial charge in [-0.3, -0.25) is 0 Å². The molecule has 8 heteroatoms. The Morgan fingerprint density at radius 3 is 2.95 bits per heavy atom. The molecule has 1 aliphatic rings. The molecule has 4 heterocycles. The van der Waals surface area contributed by atoms with Crippen LogP contribution in [0.5, 0.6) is 0 Å². The molecule has 0 bridgehead atoms. The molecular weight excluding hydrogens is 300 g/mol. The summed E-state index contributed by atoms with van der Waals surface area (Å²) in [5.74, 6) is 1.72. The molecule has 0 aromatic carbocycles. The summed E-state index contributed by atoms with van der Waals surface area (Å²) >= 11 is 1.61. The topological polar surface area (TPSA) is 72.3 Å².